The fourth-order valence-corrected chi connectivity index (χ4v) is 4.42. The molecule has 8 heteroatoms. The molecular weight excluding hydrogens is 487 g/mol. The van der Waals surface area contributed by atoms with E-state index in [1.54, 1.807) is 29.2 Å². The number of rotatable bonds is 8. The van der Waals surface area contributed by atoms with Crippen LogP contribution in [0.1, 0.15) is 51.4 Å². The number of halogens is 4. The highest BCUT2D eigenvalue weighted by molar-refractivity contribution is 6.34. The molecule has 0 aromatic heterocycles. The second-order valence-electron chi connectivity index (χ2n) is 8.98. The number of hydrogen-bond donors (Lipinski definition) is 0. The lowest BCUT2D eigenvalue weighted by molar-refractivity contribution is -0.137. The average Bonchev–Trinajstić information content (AvgIpc) is 3.71. The van der Waals surface area contributed by atoms with Crippen LogP contribution in [0, 0.1) is 11.5 Å². The van der Waals surface area contributed by atoms with Gasteiger partial charge in [-0.1, -0.05) is 60.1 Å². The summed E-state index contributed by atoms with van der Waals surface area (Å²) in [6.07, 6.45) is 0.142. The summed E-state index contributed by atoms with van der Waals surface area (Å²) in [5.41, 5.74) is 2.46. The molecule has 1 amide bonds. The summed E-state index contributed by atoms with van der Waals surface area (Å²) in [6.45, 7) is 0.426. The maximum absolute atomic E-state index is 13.8. The zero-order chi connectivity index (χ0) is 25.9. The number of anilines is 1. The lowest BCUT2D eigenvalue weighted by Crippen LogP contribution is -2.33. The fourth-order valence-electron chi connectivity index (χ4n) is 4.17. The van der Waals surface area contributed by atoms with Crippen molar-refractivity contribution in [3.63, 3.8) is 0 Å². The van der Waals surface area contributed by atoms with Crippen molar-refractivity contribution in [3.05, 3.63) is 99.6 Å². The van der Waals surface area contributed by atoms with Crippen molar-refractivity contribution in [3.8, 4) is 6.19 Å². The van der Waals surface area contributed by atoms with Crippen LogP contribution >= 0.6 is 11.6 Å². The van der Waals surface area contributed by atoms with Crippen molar-refractivity contribution in [1.82, 2.24) is 4.90 Å². The second kappa shape index (κ2) is 10.6. The summed E-state index contributed by atoms with van der Waals surface area (Å²) in [6, 6.07) is 18.1. The smallest absolute Gasteiger partial charge is 0.334 e. The molecule has 1 fully saturated rings. The SMILES string of the molecule is CN(C#N)c1cccc(Cl)c1C(=O)N(CCc1cccc(C(F)(F)F)c1)Cc1ccc(C2CC2)cc1. The van der Waals surface area contributed by atoms with E-state index in [1.807, 2.05) is 18.3 Å². The van der Waals surface area contributed by atoms with Crippen molar-refractivity contribution >= 4 is 23.2 Å². The zero-order valence-corrected chi connectivity index (χ0v) is 20.5. The highest BCUT2D eigenvalue weighted by atomic mass is 35.5. The van der Waals surface area contributed by atoms with Gasteiger partial charge in [0.05, 0.1) is 21.8 Å². The quantitative estimate of drug-likeness (QED) is 0.241. The van der Waals surface area contributed by atoms with E-state index in [0.717, 1.165) is 17.7 Å². The standard InChI is InChI=1S/C28H25ClF3N3O/c1-34(18-33)25-7-3-6-24(29)26(25)27(36)35(17-20-8-10-21(11-9-20)22-12-13-22)15-14-19-4-2-5-23(16-19)28(30,31)32/h2-11,16,22H,12-15,17H2,1H3. The third-order valence-electron chi connectivity index (χ3n) is 6.33. The Bertz CT molecular complexity index is 1280. The molecule has 0 saturated heterocycles. The summed E-state index contributed by atoms with van der Waals surface area (Å²) in [4.78, 5) is 16.6. The van der Waals surface area contributed by atoms with Crippen LogP contribution in [-0.2, 0) is 19.1 Å². The number of alkyl halides is 3. The van der Waals surface area contributed by atoms with Crippen LogP contribution in [0.4, 0.5) is 18.9 Å². The van der Waals surface area contributed by atoms with Crippen LogP contribution in [-0.4, -0.2) is 24.4 Å². The van der Waals surface area contributed by atoms with Gasteiger partial charge >= 0.3 is 6.18 Å². The Labute approximate surface area is 213 Å². The largest absolute Gasteiger partial charge is 0.416 e. The molecule has 36 heavy (non-hydrogen) atoms. The van der Waals surface area contributed by atoms with Gasteiger partial charge in [0, 0.05) is 20.1 Å². The van der Waals surface area contributed by atoms with Gasteiger partial charge in [-0.25, -0.2) is 0 Å². The van der Waals surface area contributed by atoms with Gasteiger partial charge in [-0.2, -0.15) is 18.4 Å². The molecule has 4 nitrogen and oxygen atoms in total. The lowest BCUT2D eigenvalue weighted by Gasteiger charge is -2.26. The van der Waals surface area contributed by atoms with Gasteiger partial charge < -0.3 is 4.90 Å². The normalized spacial score (nSPS) is 13.2. The van der Waals surface area contributed by atoms with E-state index in [0.29, 0.717) is 17.2 Å². The van der Waals surface area contributed by atoms with Gasteiger partial charge in [-0.3, -0.25) is 9.69 Å². The minimum Gasteiger partial charge on any atom is -0.334 e. The number of nitriles is 1. The van der Waals surface area contributed by atoms with Crippen LogP contribution in [0.5, 0.6) is 0 Å². The Morgan fingerprint density at radius 2 is 1.75 bits per heavy atom. The summed E-state index contributed by atoms with van der Waals surface area (Å²) in [5.74, 6) is 0.209. The molecule has 0 heterocycles. The van der Waals surface area contributed by atoms with Crippen LogP contribution in [0.15, 0.2) is 66.7 Å². The van der Waals surface area contributed by atoms with E-state index in [-0.39, 0.29) is 30.1 Å². The predicted octanol–water partition coefficient (Wildman–Crippen LogP) is 7.04. The predicted molar refractivity (Wildman–Crippen MR) is 134 cm³/mol. The maximum atomic E-state index is 13.8. The molecule has 0 unspecified atom stereocenters. The molecule has 1 saturated carbocycles. The molecule has 1 aliphatic rings. The van der Waals surface area contributed by atoms with Crippen molar-refractivity contribution in [2.45, 2.75) is 37.9 Å². The van der Waals surface area contributed by atoms with Crippen LogP contribution < -0.4 is 4.90 Å². The molecule has 4 rings (SSSR count). The monoisotopic (exact) mass is 511 g/mol. The van der Waals surface area contributed by atoms with Gasteiger partial charge in [0.1, 0.15) is 0 Å². The highest BCUT2D eigenvalue weighted by Crippen LogP contribution is 2.40. The minimum atomic E-state index is -4.44. The second-order valence-corrected chi connectivity index (χ2v) is 9.39. The van der Waals surface area contributed by atoms with E-state index in [2.05, 4.69) is 12.1 Å². The number of amides is 1. The number of hydrogen-bond acceptors (Lipinski definition) is 3. The van der Waals surface area contributed by atoms with Gasteiger partial charge in [0.15, 0.2) is 6.19 Å². The Morgan fingerprint density at radius 1 is 1.06 bits per heavy atom. The first-order chi connectivity index (χ1) is 17.2. The van der Waals surface area contributed by atoms with Gasteiger partial charge in [0.25, 0.3) is 5.91 Å². The van der Waals surface area contributed by atoms with Crippen molar-refractivity contribution < 1.29 is 18.0 Å². The Kier molecular flexibility index (Phi) is 7.56. The Balaban J connectivity index is 1.63. The van der Waals surface area contributed by atoms with Crippen LogP contribution in [0.2, 0.25) is 5.02 Å². The van der Waals surface area contributed by atoms with Crippen LogP contribution in [0.25, 0.3) is 0 Å². The maximum Gasteiger partial charge on any atom is 0.416 e. The molecule has 0 bridgehead atoms. The van der Waals surface area contributed by atoms with E-state index >= 15 is 0 Å². The zero-order valence-electron chi connectivity index (χ0n) is 19.7. The number of carbonyl (C=O) groups is 1. The first kappa shape index (κ1) is 25.6. The van der Waals surface area contributed by atoms with E-state index in [4.69, 9.17) is 11.6 Å². The number of benzene rings is 3. The van der Waals surface area contributed by atoms with E-state index < -0.39 is 17.6 Å². The van der Waals surface area contributed by atoms with Gasteiger partial charge in [0.2, 0.25) is 0 Å². The first-order valence-electron chi connectivity index (χ1n) is 11.6. The van der Waals surface area contributed by atoms with Crippen molar-refractivity contribution in [2.75, 3.05) is 18.5 Å². The summed E-state index contributed by atoms with van der Waals surface area (Å²) < 4.78 is 39.6. The summed E-state index contributed by atoms with van der Waals surface area (Å²) in [5, 5.41) is 9.60. The minimum absolute atomic E-state index is 0.172. The van der Waals surface area contributed by atoms with Crippen molar-refractivity contribution in [2.24, 2.45) is 0 Å². The third kappa shape index (κ3) is 6.00. The molecule has 0 spiro atoms. The third-order valence-corrected chi connectivity index (χ3v) is 6.65. The molecular formula is C28H25ClF3N3O. The highest BCUT2D eigenvalue weighted by Gasteiger charge is 2.30. The molecule has 0 N–H and O–H groups in total. The lowest BCUT2D eigenvalue weighted by atomic mass is 10.0. The molecule has 3 aromatic carbocycles. The van der Waals surface area contributed by atoms with Crippen LogP contribution in [0.3, 0.4) is 0 Å². The first-order valence-corrected chi connectivity index (χ1v) is 12.0. The van der Waals surface area contributed by atoms with Gasteiger partial charge in [-0.05, 0) is 60.1 Å². The Hall–Kier alpha value is -3.50. The van der Waals surface area contributed by atoms with E-state index in [1.165, 1.54) is 36.4 Å². The van der Waals surface area contributed by atoms with E-state index in [9.17, 15) is 23.2 Å². The molecule has 186 valence electrons. The number of nitrogens with zero attached hydrogens (tertiary/aromatic N) is 3. The summed E-state index contributed by atoms with van der Waals surface area (Å²) in [7, 11) is 1.53. The summed E-state index contributed by atoms with van der Waals surface area (Å²) >= 11 is 6.41. The molecule has 1 aliphatic carbocycles. The fraction of sp³-hybridized carbons (Fsp3) is 0.286. The Morgan fingerprint density at radius 3 is 2.39 bits per heavy atom. The van der Waals surface area contributed by atoms with Gasteiger partial charge in [-0.15, -0.1) is 0 Å². The molecule has 0 atom stereocenters. The molecule has 3 aromatic rings. The molecule has 0 aliphatic heterocycles. The molecule has 0 radical (unpaired) electrons. The topological polar surface area (TPSA) is 47.3 Å². The van der Waals surface area contributed by atoms with Crippen molar-refractivity contribution in [1.29, 1.82) is 5.26 Å². The average molecular weight is 512 g/mol. The number of carbonyl (C=O) groups excluding carboxylic acids is 1.